The van der Waals surface area contributed by atoms with Crippen LogP contribution in [0, 0.1) is 0 Å². The van der Waals surface area contributed by atoms with Crippen LogP contribution in [-0.2, 0) is 9.53 Å². The van der Waals surface area contributed by atoms with E-state index in [1.165, 1.54) is 0 Å². The minimum absolute atomic E-state index is 0.236. The predicted molar refractivity (Wildman–Crippen MR) is 68.7 cm³/mol. The van der Waals surface area contributed by atoms with Crippen molar-refractivity contribution >= 4 is 5.97 Å². The Labute approximate surface area is 109 Å². The van der Waals surface area contributed by atoms with Crippen LogP contribution >= 0.6 is 0 Å². The number of carboxylic acids is 1. The molecule has 1 atom stereocenters. The van der Waals surface area contributed by atoms with Gasteiger partial charge in [-0.2, -0.15) is 0 Å². The average Bonchev–Trinajstić information content (AvgIpc) is 2.86. The standard InChI is InChI=1S/C13H24N2O3/c1-18-10-9-14-7-4-11(5-8-14)15-6-2-3-12(15)13(16)17/h11-12H,2-10H2,1H3,(H,16,17). The number of methoxy groups -OCH3 is 1. The Balaban J connectivity index is 1.80. The van der Waals surface area contributed by atoms with Gasteiger partial charge in [-0.3, -0.25) is 9.69 Å². The summed E-state index contributed by atoms with van der Waals surface area (Å²) in [4.78, 5) is 15.8. The molecule has 0 aliphatic carbocycles. The van der Waals surface area contributed by atoms with E-state index >= 15 is 0 Å². The number of hydrogen-bond donors (Lipinski definition) is 1. The van der Waals surface area contributed by atoms with Gasteiger partial charge in [-0.05, 0) is 45.3 Å². The number of ether oxygens (including phenoxy) is 1. The second kappa shape index (κ2) is 6.50. The molecule has 2 aliphatic heterocycles. The number of rotatable bonds is 5. The van der Waals surface area contributed by atoms with Gasteiger partial charge in [-0.25, -0.2) is 0 Å². The SMILES string of the molecule is COCCN1CCC(N2CCCC2C(=O)O)CC1. The van der Waals surface area contributed by atoms with Crippen LogP contribution in [0.2, 0.25) is 0 Å². The van der Waals surface area contributed by atoms with Gasteiger partial charge >= 0.3 is 5.97 Å². The predicted octanol–water partition coefficient (Wildman–Crippen LogP) is 0.646. The lowest BCUT2D eigenvalue weighted by atomic mass is 10.0. The van der Waals surface area contributed by atoms with E-state index in [2.05, 4.69) is 9.80 Å². The van der Waals surface area contributed by atoms with Crippen molar-refractivity contribution in [2.45, 2.75) is 37.8 Å². The van der Waals surface area contributed by atoms with E-state index in [1.807, 2.05) is 0 Å². The molecule has 104 valence electrons. The molecule has 0 saturated carbocycles. The molecule has 0 aromatic rings. The summed E-state index contributed by atoms with van der Waals surface area (Å²) < 4.78 is 5.09. The largest absolute Gasteiger partial charge is 0.480 e. The molecule has 0 aromatic heterocycles. The number of likely N-dealkylation sites (tertiary alicyclic amines) is 2. The number of nitrogens with zero attached hydrogens (tertiary/aromatic N) is 2. The minimum Gasteiger partial charge on any atom is -0.480 e. The van der Waals surface area contributed by atoms with Crippen LogP contribution in [0.4, 0.5) is 0 Å². The highest BCUT2D eigenvalue weighted by Crippen LogP contribution is 2.26. The molecule has 0 amide bonds. The van der Waals surface area contributed by atoms with Crippen LogP contribution in [0.25, 0.3) is 0 Å². The molecule has 5 nitrogen and oxygen atoms in total. The molecule has 0 aromatic carbocycles. The Morgan fingerprint density at radius 1 is 1.28 bits per heavy atom. The summed E-state index contributed by atoms with van der Waals surface area (Å²) in [5.74, 6) is -0.644. The maximum absolute atomic E-state index is 11.2. The zero-order valence-corrected chi connectivity index (χ0v) is 11.2. The molecule has 2 rings (SSSR count). The second-order valence-electron chi connectivity index (χ2n) is 5.30. The molecular formula is C13H24N2O3. The van der Waals surface area contributed by atoms with Gasteiger partial charge < -0.3 is 14.7 Å². The van der Waals surface area contributed by atoms with Crippen molar-refractivity contribution in [3.8, 4) is 0 Å². The summed E-state index contributed by atoms with van der Waals surface area (Å²) in [6.07, 6.45) is 4.03. The lowest BCUT2D eigenvalue weighted by Gasteiger charge is -2.38. The van der Waals surface area contributed by atoms with Gasteiger partial charge in [-0.15, -0.1) is 0 Å². The van der Waals surface area contributed by atoms with E-state index < -0.39 is 5.97 Å². The van der Waals surface area contributed by atoms with Crippen molar-refractivity contribution in [3.05, 3.63) is 0 Å². The molecule has 0 spiro atoms. The quantitative estimate of drug-likeness (QED) is 0.782. The molecule has 0 bridgehead atoms. The molecule has 1 N–H and O–H groups in total. The average molecular weight is 256 g/mol. The first-order chi connectivity index (χ1) is 8.72. The Bertz CT molecular complexity index is 277. The van der Waals surface area contributed by atoms with Crippen molar-refractivity contribution in [3.63, 3.8) is 0 Å². The first-order valence-corrected chi connectivity index (χ1v) is 6.92. The molecule has 2 fully saturated rings. The van der Waals surface area contributed by atoms with Crippen LogP contribution in [0.3, 0.4) is 0 Å². The van der Waals surface area contributed by atoms with Crippen molar-refractivity contribution in [2.24, 2.45) is 0 Å². The summed E-state index contributed by atoms with van der Waals surface area (Å²) in [7, 11) is 1.73. The van der Waals surface area contributed by atoms with E-state index in [0.717, 1.165) is 58.5 Å². The molecule has 5 heteroatoms. The number of carbonyl (C=O) groups is 1. The fourth-order valence-electron chi connectivity index (χ4n) is 3.19. The van der Waals surface area contributed by atoms with Gasteiger partial charge in [0.25, 0.3) is 0 Å². The summed E-state index contributed by atoms with van der Waals surface area (Å²) in [6, 6.07) is 0.230. The van der Waals surface area contributed by atoms with Gasteiger partial charge in [-0.1, -0.05) is 0 Å². The van der Waals surface area contributed by atoms with E-state index in [-0.39, 0.29) is 6.04 Å². The van der Waals surface area contributed by atoms with Gasteiger partial charge in [0.05, 0.1) is 6.61 Å². The Morgan fingerprint density at radius 2 is 2.00 bits per heavy atom. The molecule has 2 saturated heterocycles. The maximum Gasteiger partial charge on any atom is 0.320 e. The second-order valence-corrected chi connectivity index (χ2v) is 5.30. The van der Waals surface area contributed by atoms with Crippen LogP contribution in [0.15, 0.2) is 0 Å². The monoisotopic (exact) mass is 256 g/mol. The van der Waals surface area contributed by atoms with Crippen LogP contribution < -0.4 is 0 Å². The Kier molecular flexibility index (Phi) is 4.97. The summed E-state index contributed by atoms with van der Waals surface area (Å²) in [6.45, 7) is 4.87. The third-order valence-corrected chi connectivity index (χ3v) is 4.22. The number of piperidine rings is 1. The van der Waals surface area contributed by atoms with Crippen molar-refractivity contribution in [1.82, 2.24) is 9.80 Å². The third-order valence-electron chi connectivity index (χ3n) is 4.22. The summed E-state index contributed by atoms with van der Waals surface area (Å²) >= 11 is 0. The van der Waals surface area contributed by atoms with Gasteiger partial charge in [0.2, 0.25) is 0 Å². The van der Waals surface area contributed by atoms with E-state index in [9.17, 15) is 9.90 Å². The Morgan fingerprint density at radius 3 is 2.61 bits per heavy atom. The molecule has 1 unspecified atom stereocenters. The minimum atomic E-state index is -0.644. The summed E-state index contributed by atoms with van der Waals surface area (Å²) in [5.41, 5.74) is 0. The highest BCUT2D eigenvalue weighted by molar-refractivity contribution is 5.73. The molecule has 0 radical (unpaired) electrons. The normalized spacial score (nSPS) is 27.7. The van der Waals surface area contributed by atoms with Gasteiger partial charge in [0.1, 0.15) is 6.04 Å². The zero-order valence-electron chi connectivity index (χ0n) is 11.2. The zero-order chi connectivity index (χ0) is 13.0. The van der Waals surface area contributed by atoms with Crippen molar-refractivity contribution < 1.29 is 14.6 Å². The van der Waals surface area contributed by atoms with Gasteiger partial charge in [0, 0.05) is 19.7 Å². The molecule has 2 aliphatic rings. The third kappa shape index (κ3) is 3.22. The van der Waals surface area contributed by atoms with E-state index in [4.69, 9.17) is 4.74 Å². The first kappa shape index (κ1) is 13.8. The van der Waals surface area contributed by atoms with Crippen LogP contribution in [0.5, 0.6) is 0 Å². The number of carboxylic acid groups (broad SMARTS) is 1. The fourth-order valence-corrected chi connectivity index (χ4v) is 3.19. The highest BCUT2D eigenvalue weighted by Gasteiger charge is 2.36. The molecular weight excluding hydrogens is 232 g/mol. The lowest BCUT2D eigenvalue weighted by molar-refractivity contribution is -0.143. The van der Waals surface area contributed by atoms with Crippen molar-refractivity contribution in [2.75, 3.05) is 39.9 Å². The maximum atomic E-state index is 11.2. The van der Waals surface area contributed by atoms with E-state index in [0.29, 0.717) is 6.04 Å². The topological polar surface area (TPSA) is 53.0 Å². The van der Waals surface area contributed by atoms with Crippen molar-refractivity contribution in [1.29, 1.82) is 0 Å². The molecule has 2 heterocycles. The van der Waals surface area contributed by atoms with Crippen LogP contribution in [-0.4, -0.2) is 72.9 Å². The lowest BCUT2D eigenvalue weighted by Crippen LogP contribution is -2.49. The number of hydrogen-bond acceptors (Lipinski definition) is 4. The van der Waals surface area contributed by atoms with E-state index in [1.54, 1.807) is 7.11 Å². The highest BCUT2D eigenvalue weighted by atomic mass is 16.5. The smallest absolute Gasteiger partial charge is 0.320 e. The first-order valence-electron chi connectivity index (χ1n) is 6.92. The fraction of sp³-hybridized carbons (Fsp3) is 0.923. The number of aliphatic carboxylic acids is 1. The van der Waals surface area contributed by atoms with Gasteiger partial charge in [0.15, 0.2) is 0 Å². The summed E-state index contributed by atoms with van der Waals surface area (Å²) in [5, 5.41) is 9.21. The Hall–Kier alpha value is -0.650. The molecule has 18 heavy (non-hydrogen) atoms. The van der Waals surface area contributed by atoms with Crippen LogP contribution in [0.1, 0.15) is 25.7 Å².